The molecule has 520 valence electrons. The number of hydrogen-bond acceptors (Lipinski definition) is 2. The number of imidazole rings is 1. The lowest BCUT2D eigenvalue weighted by atomic mass is 9.79. The van der Waals surface area contributed by atoms with Crippen molar-refractivity contribution >= 4 is 61.7 Å². The highest BCUT2D eigenvalue weighted by molar-refractivity contribution is 7.20. The van der Waals surface area contributed by atoms with Crippen LogP contribution in [0.2, 0.25) is 0 Å². The molecule has 0 amide bonds. The van der Waals surface area contributed by atoms with Gasteiger partial charge >= 0.3 is 0 Å². The van der Waals surface area contributed by atoms with Crippen LogP contribution in [-0.2, 0) is 21.7 Å². The molecule has 0 saturated heterocycles. The van der Waals surface area contributed by atoms with Gasteiger partial charge in [0.25, 0.3) is 6.33 Å². The number of benzene rings is 13. The molecule has 0 saturated carbocycles. The fourth-order valence-electron chi connectivity index (χ4n) is 13.4. The van der Waals surface area contributed by atoms with Gasteiger partial charge in [0.2, 0.25) is 0 Å². The van der Waals surface area contributed by atoms with Crippen LogP contribution < -0.4 is 30.1 Å². The predicted octanol–water partition coefficient (Wildman–Crippen LogP) is 22.9. The van der Waals surface area contributed by atoms with Crippen molar-refractivity contribution in [2.45, 2.75) is 105 Å². The van der Waals surface area contributed by atoms with Crippen LogP contribution in [0.5, 0.6) is 11.5 Å². The first-order chi connectivity index (χ1) is 64.3. The minimum Gasteiger partial charge on any atom is -0.458 e. The highest BCUT2D eigenvalue weighted by atomic mass is 28.3. The standard InChI is InChI=1S/C100H90N4OSi/c1-97(2,3)76-52-53-101-95(64-76)104-91-47-29-28-46-87(91)88-50-49-82(66-93(88)104)105-81-38-31-37-80(65-81)102-67-103(92-51-48-70(60-94(92)102)74-57-77(98(4,5)6)61-78(58-74)99(7,8)9)96-89(71-36-30-45-86(59-71)106(83-39-22-15-23-40-83,84-41-24-16-25-42-84)85-43-26-17-27-44-85)62-79(100(10,11)12)63-90(96)75-55-72(68-32-18-13-19-33-68)54-73(56-75)69-34-20-14-21-35-69/h13-66H,1-12H3/i13D,14D,15D,16D,17D,18D,19D,20D,21D,22D,23D,24D,25D,26D,27D,30D,32D,33D,34D,35D,36D,39D,40D,41D,42D,43D,44D,45D,54D,55D,56D,59D. The fourth-order valence-corrected chi connectivity index (χ4v) is 17.0. The predicted molar refractivity (Wildman–Crippen MR) is 448 cm³/mol. The molecule has 16 aromatic rings. The van der Waals surface area contributed by atoms with Crippen LogP contribution in [0.3, 0.4) is 0 Å². The van der Waals surface area contributed by atoms with Gasteiger partial charge < -0.3 is 4.74 Å². The highest BCUT2D eigenvalue weighted by Crippen LogP contribution is 2.44. The van der Waals surface area contributed by atoms with E-state index in [9.17, 15) is 31.5 Å². The number of nitrogens with zero attached hydrogens (tertiary/aromatic N) is 4. The quantitative estimate of drug-likeness (QED) is 0.0471. The van der Waals surface area contributed by atoms with Gasteiger partial charge in [-0.1, -0.05) is 325 Å². The molecule has 16 rings (SSSR count). The number of rotatable bonds is 14. The molecule has 0 fully saturated rings. The third-order valence-corrected chi connectivity index (χ3v) is 23.1. The molecule has 0 N–H and O–H groups in total. The lowest BCUT2D eigenvalue weighted by Gasteiger charge is -2.35. The average molecular weight is 1420 g/mol. The molecule has 0 aliphatic rings. The van der Waals surface area contributed by atoms with Gasteiger partial charge in [0.05, 0.1) is 77.3 Å². The number of para-hydroxylation sites is 1. The minimum absolute atomic E-state index is 0.0593. The topological polar surface area (TPSA) is 35.9 Å². The Hall–Kier alpha value is -11.7. The number of hydrogen-bond donors (Lipinski definition) is 0. The largest absolute Gasteiger partial charge is 0.458 e. The molecule has 0 unspecified atom stereocenters. The first kappa shape index (κ1) is 41.1. The molecule has 13 aromatic carbocycles. The van der Waals surface area contributed by atoms with E-state index in [1.165, 1.54) is 16.7 Å². The Bertz CT molecular complexity index is 7570. The third kappa shape index (κ3) is 13.0. The van der Waals surface area contributed by atoms with Crippen LogP contribution in [0.25, 0.3) is 106 Å². The summed E-state index contributed by atoms with van der Waals surface area (Å²) in [7, 11) is -6.70. The van der Waals surface area contributed by atoms with Crippen molar-refractivity contribution in [1.82, 2.24) is 14.1 Å². The van der Waals surface area contributed by atoms with Crippen molar-refractivity contribution in [2.24, 2.45) is 0 Å². The zero-order valence-corrected chi connectivity index (χ0v) is 61.4. The van der Waals surface area contributed by atoms with E-state index in [1.807, 2.05) is 72.8 Å². The van der Waals surface area contributed by atoms with Crippen LogP contribution >= 0.6 is 0 Å². The molecule has 106 heavy (non-hydrogen) atoms. The van der Waals surface area contributed by atoms with Crippen molar-refractivity contribution in [3.05, 3.63) is 356 Å². The molecule has 0 aliphatic heterocycles. The van der Waals surface area contributed by atoms with Gasteiger partial charge in [0.1, 0.15) is 17.3 Å². The van der Waals surface area contributed by atoms with E-state index in [-0.39, 0.29) is 33.4 Å². The SMILES string of the molecule is [2H]c1c([2H])c([2H])c(-c2c([2H])c(-c3cc(C(C)(C)C)cc(-c4c([2H])c([2H])c([2H])c([Si](c5c([2H])c([2H])c([2H])c([2H])c5[2H])(c5c([2H])c([2H])c([2H])c([2H])c5[2H])c5c([2H])c([2H])c([2H])c([2H])c5[2H])c4[2H])c3-[n+]3[c-]n(-c4cccc(Oc5ccc6c7ccccc7n(-c7cc(C(C)(C)C)ccn7)c6c5)c4)c4cc(-c5cc(C(C)(C)C)cc(C(C)(C)C)c5)ccc43)c([2H])c(-c3c([2H])c([2H])c([2H])c([2H])c3[2H])c2[2H])c([2H])c1[2H]. The van der Waals surface area contributed by atoms with E-state index in [0.29, 0.717) is 22.7 Å². The summed E-state index contributed by atoms with van der Waals surface area (Å²) < 4.78 is 325. The Balaban J connectivity index is 1.14. The van der Waals surface area contributed by atoms with Crippen LogP contribution in [0, 0.1) is 6.33 Å². The zero-order chi connectivity index (χ0) is 101. The van der Waals surface area contributed by atoms with Gasteiger partial charge in [-0.15, -0.1) is 0 Å². The minimum atomic E-state index is -6.70. The Labute approximate surface area is 671 Å². The highest BCUT2D eigenvalue weighted by Gasteiger charge is 2.42. The summed E-state index contributed by atoms with van der Waals surface area (Å²) in [5.74, 6) is 1.23. The van der Waals surface area contributed by atoms with Crippen LogP contribution in [-0.4, -0.2) is 22.2 Å². The molecule has 3 aromatic heterocycles. The molecule has 0 aliphatic carbocycles. The lowest BCUT2D eigenvalue weighted by Crippen LogP contribution is -2.74. The Morgan fingerprint density at radius 3 is 1.46 bits per heavy atom. The van der Waals surface area contributed by atoms with Gasteiger partial charge in [0.15, 0.2) is 8.07 Å². The fraction of sp³-hybridized carbons (Fsp3) is 0.160. The van der Waals surface area contributed by atoms with Crippen LogP contribution in [0.4, 0.5) is 0 Å². The number of ether oxygens (including phenoxy) is 1. The monoisotopic (exact) mass is 1420 g/mol. The van der Waals surface area contributed by atoms with Crippen LogP contribution in [0.15, 0.2) is 327 Å². The number of aromatic nitrogens is 4. The summed E-state index contributed by atoms with van der Waals surface area (Å²) in [6.07, 6.45) is 5.32. The van der Waals surface area contributed by atoms with Crippen molar-refractivity contribution in [1.29, 1.82) is 0 Å². The summed E-state index contributed by atoms with van der Waals surface area (Å²) in [4.78, 5) is 4.90. The molecule has 0 atom stereocenters. The summed E-state index contributed by atoms with van der Waals surface area (Å²) in [6, 6.07) is 2.30. The second-order valence-corrected chi connectivity index (χ2v) is 33.7. The molecule has 0 radical (unpaired) electrons. The van der Waals surface area contributed by atoms with E-state index in [0.717, 1.165) is 38.5 Å². The summed E-state index contributed by atoms with van der Waals surface area (Å²) >= 11 is 0. The first-order valence-electron chi connectivity index (χ1n) is 50.6. The summed E-state index contributed by atoms with van der Waals surface area (Å²) in [5.41, 5.74) is -2.71. The van der Waals surface area contributed by atoms with Gasteiger partial charge in [-0.25, -0.2) is 4.98 Å². The lowest BCUT2D eigenvalue weighted by molar-refractivity contribution is -0.571. The average Bonchev–Trinajstić information content (AvgIpc) is 1.64. The first-order valence-corrected chi connectivity index (χ1v) is 36.6. The second-order valence-electron chi connectivity index (χ2n) is 30.2. The molecule has 3 heterocycles. The van der Waals surface area contributed by atoms with Crippen molar-refractivity contribution in [3.63, 3.8) is 0 Å². The number of pyridine rings is 1. The van der Waals surface area contributed by atoms with Gasteiger partial charge in [0, 0.05) is 23.0 Å². The number of fused-ring (bicyclic) bond motifs is 4. The smallest absolute Gasteiger partial charge is 0.269 e. The Morgan fingerprint density at radius 2 is 0.877 bits per heavy atom. The Morgan fingerprint density at radius 1 is 0.368 bits per heavy atom. The van der Waals surface area contributed by atoms with Crippen molar-refractivity contribution < 1.29 is 53.2 Å². The second kappa shape index (κ2) is 27.1. The van der Waals surface area contributed by atoms with Crippen molar-refractivity contribution in [3.8, 4) is 84.3 Å². The maximum absolute atomic E-state index is 11.6. The van der Waals surface area contributed by atoms with Gasteiger partial charge in [-0.3, -0.25) is 13.7 Å². The molecule has 5 nitrogen and oxygen atoms in total. The molecular formula is C100H90N4OSi. The van der Waals surface area contributed by atoms with Gasteiger partial charge in [-0.2, -0.15) is 0 Å². The van der Waals surface area contributed by atoms with Gasteiger partial charge in [-0.05, 0) is 193 Å². The van der Waals surface area contributed by atoms with E-state index in [4.69, 9.17) is 22.1 Å². The summed E-state index contributed by atoms with van der Waals surface area (Å²) in [5, 5.41) is -2.85. The van der Waals surface area contributed by atoms with E-state index in [1.54, 1.807) is 67.9 Å². The maximum Gasteiger partial charge on any atom is 0.269 e. The molecular weight excluding hydrogens is 1300 g/mol. The molecule has 6 heteroatoms. The van der Waals surface area contributed by atoms with E-state index < -0.39 is 289 Å². The third-order valence-electron chi connectivity index (χ3n) is 19.1. The van der Waals surface area contributed by atoms with Crippen molar-refractivity contribution in [2.75, 3.05) is 0 Å². The maximum atomic E-state index is 11.6. The molecule has 0 spiro atoms. The van der Waals surface area contributed by atoms with E-state index in [2.05, 4.69) is 79.3 Å². The normalized spacial score (nSPS) is 16.6. The summed E-state index contributed by atoms with van der Waals surface area (Å²) in [6.45, 7) is 23.8. The van der Waals surface area contributed by atoms with E-state index >= 15 is 0 Å². The molecule has 0 bridgehead atoms. The van der Waals surface area contributed by atoms with Crippen LogP contribution in [0.1, 0.15) is 149 Å². The Kier molecular flexibility index (Phi) is 10.5. The zero-order valence-electron chi connectivity index (χ0n) is 92.4.